The second-order valence-electron chi connectivity index (χ2n) is 4.92. The molecule has 0 bridgehead atoms. The van der Waals surface area contributed by atoms with Crippen LogP contribution in [0, 0.1) is 0 Å². The van der Waals surface area contributed by atoms with Crippen LogP contribution < -0.4 is 10.1 Å². The maximum absolute atomic E-state index is 12.6. The van der Waals surface area contributed by atoms with Crippen LogP contribution in [0.15, 0.2) is 47.4 Å². The molecule has 0 aliphatic heterocycles. The number of amides is 1. The Morgan fingerprint density at radius 1 is 1.24 bits per heavy atom. The molecule has 2 aromatic carbocycles. The zero-order valence-electron chi connectivity index (χ0n) is 13.1. The summed E-state index contributed by atoms with van der Waals surface area (Å²) in [6.07, 6.45) is 0. The van der Waals surface area contributed by atoms with Crippen LogP contribution in [0.5, 0.6) is 5.75 Å². The molecular formula is C17H14ClF2NO3S. The summed E-state index contributed by atoms with van der Waals surface area (Å²) in [7, 11) is 0. The van der Waals surface area contributed by atoms with Crippen molar-refractivity contribution in [1.29, 1.82) is 0 Å². The van der Waals surface area contributed by atoms with Crippen molar-refractivity contribution < 1.29 is 23.1 Å². The number of anilines is 1. The molecule has 1 N–H and O–H groups in total. The smallest absolute Gasteiger partial charge is 0.289 e. The van der Waals surface area contributed by atoms with Crippen LogP contribution in [0.2, 0.25) is 5.02 Å². The lowest BCUT2D eigenvalue weighted by atomic mass is 10.1. The number of carbonyl (C=O) groups is 2. The average Bonchev–Trinajstić information content (AvgIpc) is 2.56. The van der Waals surface area contributed by atoms with E-state index >= 15 is 0 Å². The van der Waals surface area contributed by atoms with E-state index in [4.69, 9.17) is 16.3 Å². The SMILES string of the molecule is CC(=O)c1cccc(OCC(=O)Nc2cccc(Cl)c2SC(F)F)c1. The third-order valence-corrected chi connectivity index (χ3v) is 4.34. The molecule has 25 heavy (non-hydrogen) atoms. The Morgan fingerprint density at radius 3 is 2.64 bits per heavy atom. The molecule has 0 aromatic heterocycles. The third-order valence-electron chi connectivity index (χ3n) is 3.06. The highest BCUT2D eigenvalue weighted by atomic mass is 35.5. The molecule has 132 valence electrons. The molecule has 4 nitrogen and oxygen atoms in total. The van der Waals surface area contributed by atoms with Crippen molar-refractivity contribution in [2.45, 2.75) is 17.6 Å². The summed E-state index contributed by atoms with van der Waals surface area (Å²) in [5.74, 6) is -2.97. The van der Waals surface area contributed by atoms with Crippen molar-refractivity contribution in [2.75, 3.05) is 11.9 Å². The number of halogens is 3. The first kappa shape index (κ1) is 19.2. The van der Waals surface area contributed by atoms with Crippen molar-refractivity contribution in [3.8, 4) is 5.75 Å². The summed E-state index contributed by atoms with van der Waals surface area (Å²) in [6.45, 7) is 1.08. The van der Waals surface area contributed by atoms with Crippen molar-refractivity contribution >= 4 is 40.7 Å². The minimum atomic E-state index is -2.67. The van der Waals surface area contributed by atoms with Crippen LogP contribution in [0.25, 0.3) is 0 Å². The number of thioether (sulfide) groups is 1. The molecule has 1 amide bonds. The van der Waals surface area contributed by atoms with Crippen LogP contribution in [0.4, 0.5) is 14.5 Å². The summed E-state index contributed by atoms with van der Waals surface area (Å²) in [4.78, 5) is 23.4. The van der Waals surface area contributed by atoms with Crippen LogP contribution in [-0.2, 0) is 4.79 Å². The highest BCUT2D eigenvalue weighted by Gasteiger charge is 2.15. The van der Waals surface area contributed by atoms with Gasteiger partial charge in [-0.3, -0.25) is 9.59 Å². The topological polar surface area (TPSA) is 55.4 Å². The van der Waals surface area contributed by atoms with Gasteiger partial charge in [-0.05, 0) is 31.2 Å². The number of ether oxygens (including phenoxy) is 1. The zero-order valence-corrected chi connectivity index (χ0v) is 14.7. The van der Waals surface area contributed by atoms with Gasteiger partial charge in [0.25, 0.3) is 11.7 Å². The van der Waals surface area contributed by atoms with E-state index in [1.165, 1.54) is 25.1 Å². The maximum Gasteiger partial charge on any atom is 0.289 e. The number of ketones is 1. The number of hydrogen-bond acceptors (Lipinski definition) is 4. The Hall–Kier alpha value is -2.12. The molecule has 2 rings (SSSR count). The highest BCUT2D eigenvalue weighted by molar-refractivity contribution is 7.99. The fraction of sp³-hybridized carbons (Fsp3) is 0.176. The van der Waals surface area contributed by atoms with Gasteiger partial charge in [0.1, 0.15) is 5.75 Å². The Balaban J connectivity index is 2.02. The molecule has 0 fully saturated rings. The molecule has 0 saturated heterocycles. The molecule has 8 heteroatoms. The van der Waals surface area contributed by atoms with Gasteiger partial charge in [-0.2, -0.15) is 8.78 Å². The molecule has 0 aliphatic rings. The van der Waals surface area contributed by atoms with E-state index in [0.29, 0.717) is 11.3 Å². The summed E-state index contributed by atoms with van der Waals surface area (Å²) >= 11 is 6.16. The lowest BCUT2D eigenvalue weighted by molar-refractivity contribution is -0.118. The molecule has 0 spiro atoms. The number of carbonyl (C=O) groups excluding carboxylic acids is 2. The Morgan fingerprint density at radius 2 is 1.96 bits per heavy atom. The minimum Gasteiger partial charge on any atom is -0.484 e. The van der Waals surface area contributed by atoms with Gasteiger partial charge in [-0.15, -0.1) is 0 Å². The predicted octanol–water partition coefficient (Wildman–Crippen LogP) is 4.87. The summed E-state index contributed by atoms with van der Waals surface area (Å²) in [6, 6.07) is 10.9. The number of benzene rings is 2. The van der Waals surface area contributed by atoms with Crippen LogP contribution in [0.1, 0.15) is 17.3 Å². The Kier molecular flexibility index (Phi) is 6.78. The van der Waals surface area contributed by atoms with Crippen LogP contribution in [-0.4, -0.2) is 24.1 Å². The van der Waals surface area contributed by atoms with Gasteiger partial charge in [0.15, 0.2) is 12.4 Å². The van der Waals surface area contributed by atoms with Crippen LogP contribution in [0.3, 0.4) is 0 Å². The molecule has 0 aliphatic carbocycles. The van der Waals surface area contributed by atoms with Gasteiger partial charge < -0.3 is 10.1 Å². The van der Waals surface area contributed by atoms with Crippen molar-refractivity contribution in [2.24, 2.45) is 0 Å². The van der Waals surface area contributed by atoms with Gasteiger partial charge >= 0.3 is 0 Å². The van der Waals surface area contributed by atoms with Crippen LogP contribution >= 0.6 is 23.4 Å². The monoisotopic (exact) mass is 385 g/mol. The van der Waals surface area contributed by atoms with E-state index < -0.39 is 11.7 Å². The lowest BCUT2D eigenvalue weighted by Crippen LogP contribution is -2.20. The van der Waals surface area contributed by atoms with E-state index in [0.717, 1.165) is 0 Å². The first-order valence-electron chi connectivity index (χ1n) is 7.14. The average molecular weight is 386 g/mol. The summed E-state index contributed by atoms with van der Waals surface area (Å²) < 4.78 is 30.6. The first-order valence-corrected chi connectivity index (χ1v) is 8.39. The Labute approximate surface area is 152 Å². The fourth-order valence-electron chi connectivity index (χ4n) is 1.96. The van der Waals surface area contributed by atoms with Gasteiger partial charge in [0, 0.05) is 5.56 Å². The Bertz CT molecular complexity index is 786. The molecule has 0 radical (unpaired) electrons. The molecule has 0 heterocycles. The van der Waals surface area contributed by atoms with Gasteiger partial charge in [-0.25, -0.2) is 0 Å². The minimum absolute atomic E-state index is 0.0890. The number of Topliss-reactive ketones (excluding diaryl/α,β-unsaturated/α-hetero) is 1. The molecule has 2 aromatic rings. The molecular weight excluding hydrogens is 372 g/mol. The largest absolute Gasteiger partial charge is 0.484 e. The molecule has 0 saturated carbocycles. The number of alkyl halides is 2. The lowest BCUT2D eigenvalue weighted by Gasteiger charge is -2.12. The number of rotatable bonds is 7. The molecule has 0 atom stereocenters. The highest BCUT2D eigenvalue weighted by Crippen LogP contribution is 2.37. The standard InChI is InChI=1S/C17H14ClF2NO3S/c1-10(22)11-4-2-5-12(8-11)24-9-15(23)21-14-7-3-6-13(18)16(14)25-17(19)20/h2-8,17H,9H2,1H3,(H,21,23). The van der Waals surface area contributed by atoms with Gasteiger partial charge in [0.05, 0.1) is 15.6 Å². The zero-order chi connectivity index (χ0) is 18.4. The van der Waals surface area contributed by atoms with E-state index in [1.54, 1.807) is 24.3 Å². The van der Waals surface area contributed by atoms with Crippen molar-refractivity contribution in [1.82, 2.24) is 0 Å². The second kappa shape index (κ2) is 8.82. The van der Waals surface area contributed by atoms with Gasteiger partial charge in [0.2, 0.25) is 0 Å². The van der Waals surface area contributed by atoms with E-state index in [9.17, 15) is 18.4 Å². The van der Waals surface area contributed by atoms with E-state index in [2.05, 4.69) is 5.32 Å². The van der Waals surface area contributed by atoms with E-state index in [1.807, 2.05) is 0 Å². The first-order chi connectivity index (χ1) is 11.9. The third kappa shape index (κ3) is 5.72. The van der Waals surface area contributed by atoms with Gasteiger partial charge in [-0.1, -0.05) is 41.6 Å². The van der Waals surface area contributed by atoms with Crippen molar-refractivity contribution in [3.63, 3.8) is 0 Å². The fourth-order valence-corrected chi connectivity index (χ4v) is 2.87. The molecule has 0 unspecified atom stereocenters. The van der Waals surface area contributed by atoms with E-state index in [-0.39, 0.29) is 39.8 Å². The van der Waals surface area contributed by atoms with Crippen molar-refractivity contribution in [3.05, 3.63) is 53.1 Å². The number of nitrogens with one attached hydrogen (secondary N) is 1. The summed E-state index contributed by atoms with van der Waals surface area (Å²) in [5, 5.41) is 2.62. The predicted molar refractivity (Wildman–Crippen MR) is 93.9 cm³/mol. The maximum atomic E-state index is 12.6. The second-order valence-corrected chi connectivity index (χ2v) is 6.32. The number of hydrogen-bond donors (Lipinski definition) is 1. The summed E-state index contributed by atoms with van der Waals surface area (Å²) in [5.41, 5.74) is 0.646. The quantitative estimate of drug-likeness (QED) is 0.545. The normalized spacial score (nSPS) is 10.6.